The van der Waals surface area contributed by atoms with Crippen molar-refractivity contribution in [3.05, 3.63) is 30.3 Å². The highest BCUT2D eigenvalue weighted by atomic mass is 32.2. The molecular weight excluding hydrogens is 156 g/mol. The van der Waals surface area contributed by atoms with Gasteiger partial charge in [-0.3, -0.25) is 0 Å². The van der Waals surface area contributed by atoms with Gasteiger partial charge in [0, 0.05) is 0 Å². The number of hydrogen-bond acceptors (Lipinski definition) is 2. The summed E-state index contributed by atoms with van der Waals surface area (Å²) in [7, 11) is 0. The SMILES string of the molecule is C=Cc1ccc2c(c1)OCS2. The summed E-state index contributed by atoms with van der Waals surface area (Å²) in [5, 5.41) is 0. The molecule has 1 aliphatic heterocycles. The zero-order chi connectivity index (χ0) is 7.68. The Morgan fingerprint density at radius 1 is 1.55 bits per heavy atom. The van der Waals surface area contributed by atoms with Crippen LogP contribution in [0.25, 0.3) is 6.08 Å². The molecule has 0 unspecified atom stereocenters. The first-order valence-electron chi connectivity index (χ1n) is 3.42. The van der Waals surface area contributed by atoms with Crippen molar-refractivity contribution < 1.29 is 4.74 Å². The van der Waals surface area contributed by atoms with E-state index in [0.29, 0.717) is 0 Å². The predicted molar refractivity (Wildman–Crippen MR) is 47.9 cm³/mol. The zero-order valence-electron chi connectivity index (χ0n) is 6.04. The van der Waals surface area contributed by atoms with Gasteiger partial charge in [0.25, 0.3) is 0 Å². The van der Waals surface area contributed by atoms with Crippen LogP contribution in [-0.4, -0.2) is 5.94 Å². The summed E-state index contributed by atoms with van der Waals surface area (Å²) < 4.78 is 5.36. The monoisotopic (exact) mass is 164 g/mol. The fourth-order valence-corrected chi connectivity index (χ4v) is 1.78. The molecular formula is C9H8OS. The Morgan fingerprint density at radius 2 is 2.45 bits per heavy atom. The zero-order valence-corrected chi connectivity index (χ0v) is 6.86. The van der Waals surface area contributed by atoms with Crippen LogP contribution in [0.5, 0.6) is 5.75 Å². The van der Waals surface area contributed by atoms with Gasteiger partial charge in [-0.25, -0.2) is 0 Å². The van der Waals surface area contributed by atoms with Crippen LogP contribution in [0.3, 0.4) is 0 Å². The van der Waals surface area contributed by atoms with E-state index in [-0.39, 0.29) is 0 Å². The van der Waals surface area contributed by atoms with Crippen molar-refractivity contribution in [2.75, 3.05) is 5.94 Å². The molecule has 0 bridgehead atoms. The topological polar surface area (TPSA) is 9.23 Å². The first-order chi connectivity index (χ1) is 5.40. The van der Waals surface area contributed by atoms with E-state index in [1.165, 1.54) is 4.90 Å². The molecule has 56 valence electrons. The highest BCUT2D eigenvalue weighted by molar-refractivity contribution is 7.99. The van der Waals surface area contributed by atoms with Gasteiger partial charge in [-0.2, -0.15) is 0 Å². The molecule has 1 aliphatic rings. The van der Waals surface area contributed by atoms with E-state index >= 15 is 0 Å². The molecule has 0 saturated carbocycles. The summed E-state index contributed by atoms with van der Waals surface area (Å²) in [5.74, 6) is 1.74. The van der Waals surface area contributed by atoms with Crippen LogP contribution in [0.1, 0.15) is 5.56 Å². The van der Waals surface area contributed by atoms with E-state index in [1.54, 1.807) is 11.8 Å². The smallest absolute Gasteiger partial charge is 0.138 e. The Bertz CT molecular complexity index is 294. The second-order valence-electron chi connectivity index (χ2n) is 2.32. The number of fused-ring (bicyclic) bond motifs is 1. The van der Waals surface area contributed by atoms with Crippen LogP contribution in [0.2, 0.25) is 0 Å². The molecule has 0 aromatic heterocycles. The lowest BCUT2D eigenvalue weighted by Crippen LogP contribution is -1.82. The van der Waals surface area contributed by atoms with Crippen molar-refractivity contribution in [2.45, 2.75) is 4.90 Å². The maximum Gasteiger partial charge on any atom is 0.138 e. The summed E-state index contributed by atoms with van der Waals surface area (Å²) in [6, 6.07) is 6.14. The Labute approximate surface area is 70.1 Å². The molecule has 0 radical (unpaired) electrons. The molecule has 0 N–H and O–H groups in total. The van der Waals surface area contributed by atoms with Gasteiger partial charge < -0.3 is 4.74 Å². The minimum absolute atomic E-state index is 0.746. The molecule has 1 aromatic carbocycles. The third kappa shape index (κ3) is 1.14. The van der Waals surface area contributed by atoms with E-state index in [0.717, 1.165) is 17.3 Å². The molecule has 2 rings (SSSR count). The van der Waals surface area contributed by atoms with Crippen LogP contribution in [0.4, 0.5) is 0 Å². The summed E-state index contributed by atoms with van der Waals surface area (Å²) in [5.41, 5.74) is 1.12. The molecule has 0 spiro atoms. The quantitative estimate of drug-likeness (QED) is 0.631. The Balaban J connectivity index is 2.48. The van der Waals surface area contributed by atoms with Crippen LogP contribution in [-0.2, 0) is 0 Å². The normalized spacial score (nSPS) is 13.8. The second-order valence-corrected chi connectivity index (χ2v) is 3.28. The van der Waals surface area contributed by atoms with Crippen molar-refractivity contribution in [1.82, 2.24) is 0 Å². The van der Waals surface area contributed by atoms with Crippen LogP contribution in [0.15, 0.2) is 29.7 Å². The fraction of sp³-hybridized carbons (Fsp3) is 0.111. The third-order valence-corrected chi connectivity index (χ3v) is 2.52. The maximum atomic E-state index is 5.36. The van der Waals surface area contributed by atoms with Gasteiger partial charge in [-0.05, 0) is 17.7 Å². The molecule has 2 heteroatoms. The molecule has 0 saturated heterocycles. The van der Waals surface area contributed by atoms with Gasteiger partial charge in [0.15, 0.2) is 0 Å². The summed E-state index contributed by atoms with van der Waals surface area (Å²) in [4.78, 5) is 1.23. The first kappa shape index (κ1) is 6.80. The van der Waals surface area contributed by atoms with Gasteiger partial charge in [0.05, 0.1) is 4.90 Å². The minimum atomic E-state index is 0.746. The van der Waals surface area contributed by atoms with E-state index in [1.807, 2.05) is 18.2 Å². The Morgan fingerprint density at radius 3 is 3.27 bits per heavy atom. The average molecular weight is 164 g/mol. The molecule has 0 atom stereocenters. The Kier molecular flexibility index (Phi) is 1.62. The van der Waals surface area contributed by atoms with E-state index in [2.05, 4.69) is 12.6 Å². The molecule has 1 nitrogen and oxygen atoms in total. The highest BCUT2D eigenvalue weighted by Gasteiger charge is 2.11. The molecule has 11 heavy (non-hydrogen) atoms. The van der Waals surface area contributed by atoms with Crippen molar-refractivity contribution in [3.8, 4) is 5.75 Å². The largest absolute Gasteiger partial charge is 0.481 e. The number of thioether (sulfide) groups is 1. The average Bonchev–Trinajstić information content (AvgIpc) is 2.50. The molecule has 0 fully saturated rings. The number of benzene rings is 1. The lowest BCUT2D eigenvalue weighted by Gasteiger charge is -1.97. The van der Waals surface area contributed by atoms with Crippen molar-refractivity contribution in [3.63, 3.8) is 0 Å². The molecule has 0 aliphatic carbocycles. The first-order valence-corrected chi connectivity index (χ1v) is 4.41. The molecule has 1 aromatic rings. The summed E-state index contributed by atoms with van der Waals surface area (Å²) >= 11 is 1.73. The van der Waals surface area contributed by atoms with E-state index in [9.17, 15) is 0 Å². The molecule has 1 heterocycles. The van der Waals surface area contributed by atoms with E-state index in [4.69, 9.17) is 4.74 Å². The van der Waals surface area contributed by atoms with Crippen LogP contribution < -0.4 is 4.74 Å². The number of hydrogen-bond donors (Lipinski definition) is 0. The minimum Gasteiger partial charge on any atom is -0.481 e. The lowest BCUT2D eigenvalue weighted by atomic mass is 10.2. The van der Waals surface area contributed by atoms with Gasteiger partial charge >= 0.3 is 0 Å². The summed E-state index contributed by atoms with van der Waals surface area (Å²) in [6.45, 7) is 3.69. The third-order valence-electron chi connectivity index (χ3n) is 1.63. The standard InChI is InChI=1S/C9H8OS/c1-2-7-3-4-9-8(5-7)10-6-11-9/h2-5H,1,6H2. The summed E-state index contributed by atoms with van der Waals surface area (Å²) in [6.07, 6.45) is 1.83. The fourth-order valence-electron chi connectivity index (χ4n) is 1.04. The molecule has 0 amide bonds. The van der Waals surface area contributed by atoms with Crippen molar-refractivity contribution >= 4 is 17.8 Å². The van der Waals surface area contributed by atoms with Crippen molar-refractivity contribution in [2.24, 2.45) is 0 Å². The van der Waals surface area contributed by atoms with Gasteiger partial charge in [-0.1, -0.05) is 30.5 Å². The van der Waals surface area contributed by atoms with Gasteiger partial charge in [-0.15, -0.1) is 0 Å². The number of rotatable bonds is 1. The van der Waals surface area contributed by atoms with Crippen LogP contribution >= 0.6 is 11.8 Å². The number of ether oxygens (including phenoxy) is 1. The Hall–Kier alpha value is -0.890. The second kappa shape index (κ2) is 2.62. The van der Waals surface area contributed by atoms with Crippen LogP contribution in [0, 0.1) is 0 Å². The maximum absolute atomic E-state index is 5.36. The van der Waals surface area contributed by atoms with Crippen molar-refractivity contribution in [1.29, 1.82) is 0 Å². The highest BCUT2D eigenvalue weighted by Crippen LogP contribution is 2.36. The van der Waals surface area contributed by atoms with Gasteiger partial charge in [0.2, 0.25) is 0 Å². The van der Waals surface area contributed by atoms with Gasteiger partial charge in [0.1, 0.15) is 11.7 Å². The lowest BCUT2D eigenvalue weighted by molar-refractivity contribution is 0.397. The van der Waals surface area contributed by atoms with E-state index < -0.39 is 0 Å². The predicted octanol–water partition coefficient (Wildman–Crippen LogP) is 2.77.